The number of aromatic nitrogens is 1. The minimum absolute atomic E-state index is 0.0761. The number of hydrogen-bond acceptors (Lipinski definition) is 8. The summed E-state index contributed by atoms with van der Waals surface area (Å²) in [5, 5.41) is 0. The molecule has 49 heavy (non-hydrogen) atoms. The van der Waals surface area contributed by atoms with Crippen LogP contribution in [0.15, 0.2) is 65.1 Å². The SMILES string of the molecule is Cc1cccc(C[C@H]2CCCCC/C=C\[C@@H]3C[C@@]3(C(=O)NS(=O)(=O)C3(C)CC3)CC(=O)[C@@H]3C[C@@H](Oc4nc5ccccc5o4)CN3C2=O)c1. The van der Waals surface area contributed by atoms with Gasteiger partial charge in [0.25, 0.3) is 0 Å². The van der Waals surface area contributed by atoms with Crippen molar-refractivity contribution < 1.29 is 32.0 Å². The van der Waals surface area contributed by atoms with Crippen LogP contribution in [0.1, 0.15) is 82.3 Å². The molecule has 2 aromatic carbocycles. The summed E-state index contributed by atoms with van der Waals surface area (Å²) in [6.45, 7) is 3.85. The first kappa shape index (κ1) is 33.5. The van der Waals surface area contributed by atoms with Crippen molar-refractivity contribution in [3.05, 3.63) is 71.8 Å². The van der Waals surface area contributed by atoms with E-state index < -0.39 is 38.2 Å². The lowest BCUT2D eigenvalue weighted by molar-refractivity contribution is -0.142. The number of ether oxygens (including phenoxy) is 1. The maximum Gasteiger partial charge on any atom is 0.394 e. The number of amides is 2. The Balaban J connectivity index is 1.18. The van der Waals surface area contributed by atoms with E-state index in [4.69, 9.17) is 9.15 Å². The molecule has 2 amide bonds. The van der Waals surface area contributed by atoms with Crippen molar-refractivity contribution >= 4 is 38.7 Å². The Labute approximate surface area is 287 Å². The number of benzene rings is 2. The molecule has 2 aliphatic heterocycles. The van der Waals surface area contributed by atoms with Crippen molar-refractivity contribution in [2.75, 3.05) is 6.54 Å². The first-order valence-corrected chi connectivity index (χ1v) is 19.1. The Morgan fingerprint density at radius 1 is 1.10 bits per heavy atom. The number of ketones is 1. The molecule has 3 heterocycles. The number of aryl methyl sites for hydroxylation is 1. The molecule has 0 spiro atoms. The quantitative estimate of drug-likeness (QED) is 0.307. The second-order valence-corrected chi connectivity index (χ2v) is 17.1. The lowest BCUT2D eigenvalue weighted by atomic mass is 9.89. The maximum absolute atomic E-state index is 14.6. The van der Waals surface area contributed by atoms with E-state index in [9.17, 15) is 22.8 Å². The number of para-hydroxylation sites is 2. The van der Waals surface area contributed by atoms with Gasteiger partial charge in [0.2, 0.25) is 21.8 Å². The smallest absolute Gasteiger partial charge is 0.394 e. The minimum atomic E-state index is -3.89. The number of oxazole rings is 1. The van der Waals surface area contributed by atoms with Gasteiger partial charge in [-0.3, -0.25) is 19.1 Å². The Morgan fingerprint density at radius 3 is 2.69 bits per heavy atom. The molecule has 1 aromatic heterocycles. The summed E-state index contributed by atoms with van der Waals surface area (Å²) in [6.07, 6.45) is 9.81. The number of nitrogens with one attached hydrogen (secondary N) is 1. The average Bonchev–Trinajstić information content (AvgIpc) is 3.87. The molecule has 0 radical (unpaired) electrons. The minimum Gasteiger partial charge on any atom is -0.445 e. The van der Waals surface area contributed by atoms with Crippen molar-refractivity contribution in [3.63, 3.8) is 0 Å². The van der Waals surface area contributed by atoms with Gasteiger partial charge in [-0.05, 0) is 82.4 Å². The lowest BCUT2D eigenvalue weighted by Crippen LogP contribution is -2.47. The highest BCUT2D eigenvalue weighted by Gasteiger charge is 2.62. The zero-order chi connectivity index (χ0) is 34.4. The fourth-order valence-electron chi connectivity index (χ4n) is 7.59. The summed E-state index contributed by atoms with van der Waals surface area (Å²) in [5.41, 5.74) is 2.23. The molecule has 2 saturated carbocycles. The molecular formula is C38H45N3O7S. The van der Waals surface area contributed by atoms with Crippen LogP contribution in [0.2, 0.25) is 0 Å². The molecule has 260 valence electrons. The van der Waals surface area contributed by atoms with Crippen LogP contribution in [0.4, 0.5) is 0 Å². The first-order valence-electron chi connectivity index (χ1n) is 17.6. The number of allylic oxidation sites excluding steroid dienone is 2. The number of Topliss-reactive ketones (excluding diaryl/α,β-unsaturated/α-hetero) is 1. The van der Waals surface area contributed by atoms with Crippen molar-refractivity contribution in [3.8, 4) is 6.08 Å². The molecule has 0 unspecified atom stereocenters. The van der Waals surface area contributed by atoms with Crippen molar-refractivity contribution in [1.82, 2.24) is 14.6 Å². The Kier molecular flexibility index (Phi) is 8.92. The average molecular weight is 688 g/mol. The molecule has 10 nitrogen and oxygen atoms in total. The molecule has 5 atom stereocenters. The fraction of sp³-hybridized carbons (Fsp3) is 0.526. The van der Waals surface area contributed by atoms with Gasteiger partial charge < -0.3 is 14.1 Å². The van der Waals surface area contributed by atoms with Crippen molar-refractivity contribution in [2.45, 2.75) is 101 Å². The highest BCUT2D eigenvalue weighted by Crippen LogP contribution is 2.57. The van der Waals surface area contributed by atoms with Gasteiger partial charge in [0.05, 0.1) is 22.7 Å². The predicted molar refractivity (Wildman–Crippen MR) is 184 cm³/mol. The lowest BCUT2D eigenvalue weighted by Gasteiger charge is -2.29. The standard InChI is InChI=1S/C38H45N3O7S/c1-25-11-10-12-26(19-25)20-27-13-6-4-3-5-7-14-28-22-38(28,35(44)40-49(45,46)37(2)17-18-37)23-32(42)31-21-29(24-41(31)34(27)43)47-36-39-30-15-8-9-16-33(30)48-36/h7-12,14-16,19,27-29,31H,3-6,13,17-18,20-24H2,1-2H3,(H,40,44)/b14-7-/t27-,28-,29-,31+,38-/m1/s1. The second-order valence-electron chi connectivity index (χ2n) is 14.9. The summed E-state index contributed by atoms with van der Waals surface area (Å²) >= 11 is 0. The summed E-state index contributed by atoms with van der Waals surface area (Å²) < 4.78 is 39.6. The zero-order valence-corrected chi connectivity index (χ0v) is 29.0. The maximum atomic E-state index is 14.6. The number of carbonyl (C=O) groups excluding carboxylic acids is 3. The molecule has 1 saturated heterocycles. The van der Waals surface area contributed by atoms with Crippen LogP contribution in [-0.2, 0) is 30.8 Å². The second kappa shape index (κ2) is 13.0. The van der Waals surface area contributed by atoms with Crippen LogP contribution < -0.4 is 9.46 Å². The summed E-state index contributed by atoms with van der Waals surface area (Å²) in [6, 6.07) is 14.7. The van der Waals surface area contributed by atoms with Crippen molar-refractivity contribution in [2.24, 2.45) is 17.3 Å². The van der Waals surface area contributed by atoms with Gasteiger partial charge in [-0.2, -0.15) is 4.98 Å². The number of rotatable bonds is 7. The van der Waals surface area contributed by atoms with E-state index in [1.165, 1.54) is 0 Å². The van der Waals surface area contributed by atoms with Gasteiger partial charge in [-0.1, -0.05) is 67.0 Å². The number of nitrogens with zero attached hydrogens (tertiary/aromatic N) is 2. The molecule has 4 aliphatic rings. The van der Waals surface area contributed by atoms with E-state index in [1.807, 2.05) is 49.4 Å². The molecule has 3 fully saturated rings. The molecule has 7 rings (SSSR count). The van der Waals surface area contributed by atoms with Crippen LogP contribution in [0.3, 0.4) is 0 Å². The van der Waals surface area contributed by atoms with Crippen LogP contribution >= 0.6 is 0 Å². The summed E-state index contributed by atoms with van der Waals surface area (Å²) in [5.74, 6) is -1.58. The third-order valence-electron chi connectivity index (χ3n) is 11.1. The van der Waals surface area contributed by atoms with Gasteiger partial charge in [-0.15, -0.1) is 0 Å². The van der Waals surface area contributed by atoms with E-state index in [2.05, 4.69) is 21.8 Å². The molecule has 3 aromatic rings. The Bertz CT molecular complexity index is 1860. The molecular weight excluding hydrogens is 642 g/mol. The Hall–Kier alpha value is -3.99. The molecule has 1 N–H and O–H groups in total. The van der Waals surface area contributed by atoms with Gasteiger partial charge in [0, 0.05) is 18.8 Å². The van der Waals surface area contributed by atoms with Gasteiger partial charge in [0.15, 0.2) is 11.4 Å². The molecule has 2 aliphatic carbocycles. The molecule has 11 heteroatoms. The number of sulfonamides is 1. The first-order chi connectivity index (χ1) is 23.5. The predicted octanol–water partition coefficient (Wildman–Crippen LogP) is 5.83. The number of fused-ring (bicyclic) bond motifs is 3. The van der Waals surface area contributed by atoms with Gasteiger partial charge in [-0.25, -0.2) is 8.42 Å². The van der Waals surface area contributed by atoms with E-state index in [-0.39, 0.29) is 49.0 Å². The fourth-order valence-corrected chi connectivity index (χ4v) is 8.92. The topological polar surface area (TPSA) is 136 Å². The van der Waals surface area contributed by atoms with Crippen LogP contribution in [0.25, 0.3) is 11.1 Å². The summed E-state index contributed by atoms with van der Waals surface area (Å²) in [7, 11) is -3.89. The summed E-state index contributed by atoms with van der Waals surface area (Å²) in [4.78, 5) is 48.9. The monoisotopic (exact) mass is 687 g/mol. The highest BCUT2D eigenvalue weighted by molar-refractivity contribution is 7.91. The van der Waals surface area contributed by atoms with Crippen LogP contribution in [0, 0.1) is 24.2 Å². The highest BCUT2D eigenvalue weighted by atomic mass is 32.2. The van der Waals surface area contributed by atoms with E-state index in [0.717, 1.165) is 36.8 Å². The van der Waals surface area contributed by atoms with E-state index >= 15 is 0 Å². The van der Waals surface area contributed by atoms with Crippen molar-refractivity contribution in [1.29, 1.82) is 0 Å². The number of carbonyl (C=O) groups is 3. The van der Waals surface area contributed by atoms with Crippen LogP contribution in [0.5, 0.6) is 6.08 Å². The third kappa shape index (κ3) is 6.91. The van der Waals surface area contributed by atoms with Crippen LogP contribution in [-0.4, -0.2) is 59.3 Å². The normalized spacial score (nSPS) is 29.3. The third-order valence-corrected chi connectivity index (χ3v) is 13.2. The van der Waals surface area contributed by atoms with E-state index in [0.29, 0.717) is 43.2 Å². The number of hydrogen-bond donors (Lipinski definition) is 1. The zero-order valence-electron chi connectivity index (χ0n) is 28.2. The molecule has 0 bridgehead atoms. The van der Waals surface area contributed by atoms with Gasteiger partial charge >= 0.3 is 6.08 Å². The van der Waals surface area contributed by atoms with Gasteiger partial charge in [0.1, 0.15) is 11.6 Å². The largest absolute Gasteiger partial charge is 0.445 e. The van der Waals surface area contributed by atoms with E-state index in [1.54, 1.807) is 17.9 Å². The Morgan fingerprint density at radius 2 is 1.92 bits per heavy atom.